The molecule has 23 heavy (non-hydrogen) atoms. The second-order valence-corrected chi connectivity index (χ2v) is 6.80. The number of aryl methyl sites for hydroxylation is 2. The second-order valence-electron chi connectivity index (χ2n) is 4.98. The van der Waals surface area contributed by atoms with Crippen LogP contribution in [0.4, 0.5) is 0 Å². The zero-order valence-electron chi connectivity index (χ0n) is 12.1. The predicted octanol–water partition coefficient (Wildman–Crippen LogP) is 1.37. The van der Waals surface area contributed by atoms with Crippen molar-refractivity contribution in [2.24, 2.45) is 0 Å². The molecule has 2 aromatic rings. The van der Waals surface area contributed by atoms with Gasteiger partial charge in [0, 0.05) is 0 Å². The summed E-state index contributed by atoms with van der Waals surface area (Å²) >= 11 is 0. The summed E-state index contributed by atoms with van der Waals surface area (Å²) in [4.78, 5) is -1.48. The van der Waals surface area contributed by atoms with Crippen LogP contribution in [-0.4, -0.2) is 39.1 Å². The van der Waals surface area contributed by atoms with E-state index in [1.165, 1.54) is 13.8 Å². The van der Waals surface area contributed by atoms with Crippen LogP contribution < -0.4 is 0 Å². The minimum Gasteiger partial charge on any atom is -0.504 e. The molecule has 0 fully saturated rings. The van der Waals surface area contributed by atoms with Crippen molar-refractivity contribution in [3.8, 4) is 34.5 Å². The number of benzene rings is 2. The van der Waals surface area contributed by atoms with Gasteiger partial charge >= 0.3 is 0 Å². The predicted molar refractivity (Wildman–Crippen MR) is 77.8 cm³/mol. The van der Waals surface area contributed by atoms with Gasteiger partial charge in [0.1, 0.15) is 9.79 Å². The lowest BCUT2D eigenvalue weighted by Crippen LogP contribution is -2.07. The maximum absolute atomic E-state index is 12.7. The van der Waals surface area contributed by atoms with E-state index in [0.717, 1.165) is 12.1 Å². The quantitative estimate of drug-likeness (QED) is 0.447. The molecule has 0 bridgehead atoms. The zero-order chi connectivity index (χ0) is 17.7. The van der Waals surface area contributed by atoms with Crippen molar-refractivity contribution in [1.29, 1.82) is 0 Å². The van der Waals surface area contributed by atoms with Gasteiger partial charge in [-0.15, -0.1) is 0 Å². The van der Waals surface area contributed by atoms with E-state index in [1.54, 1.807) is 0 Å². The fraction of sp³-hybridized carbons (Fsp3) is 0.143. The van der Waals surface area contributed by atoms with Crippen molar-refractivity contribution in [2.75, 3.05) is 0 Å². The van der Waals surface area contributed by atoms with Gasteiger partial charge < -0.3 is 30.6 Å². The summed E-state index contributed by atoms with van der Waals surface area (Å²) in [5.74, 6) is -5.67. The molecular formula is C14H14O8S. The van der Waals surface area contributed by atoms with E-state index in [2.05, 4.69) is 0 Å². The van der Waals surface area contributed by atoms with Crippen molar-refractivity contribution in [3.05, 3.63) is 23.3 Å². The topological polar surface area (TPSA) is 156 Å². The molecule has 2 aromatic carbocycles. The second kappa shape index (κ2) is 5.13. The Morgan fingerprint density at radius 2 is 0.957 bits per heavy atom. The van der Waals surface area contributed by atoms with Crippen molar-refractivity contribution in [1.82, 2.24) is 0 Å². The summed E-state index contributed by atoms with van der Waals surface area (Å²) in [5.41, 5.74) is -0.187. The van der Waals surface area contributed by atoms with Crippen molar-refractivity contribution in [2.45, 2.75) is 23.6 Å². The Bertz CT molecular complexity index is 846. The standard InChI is InChI=1S/C14H14O8S/c1-5-3-7(15)9(17)11(19)13(5)23(21,22)14-6(2)4-8(16)10(18)12(14)20/h3-4,15-20H,1-2H3. The van der Waals surface area contributed by atoms with Crippen LogP contribution in [0.25, 0.3) is 0 Å². The molecule has 0 heterocycles. The SMILES string of the molecule is Cc1cc(O)c(O)c(O)c1S(=O)(=O)c1c(C)cc(O)c(O)c1O. The fourth-order valence-corrected chi connectivity index (χ4v) is 4.16. The molecule has 0 saturated heterocycles. The molecule has 9 heteroatoms. The van der Waals surface area contributed by atoms with Gasteiger partial charge in [0.15, 0.2) is 23.0 Å². The van der Waals surface area contributed by atoms with Gasteiger partial charge in [-0.3, -0.25) is 0 Å². The summed E-state index contributed by atoms with van der Waals surface area (Å²) in [5, 5.41) is 57.7. The molecule has 0 spiro atoms. The summed E-state index contributed by atoms with van der Waals surface area (Å²) in [6.45, 7) is 2.52. The maximum Gasteiger partial charge on any atom is 0.214 e. The van der Waals surface area contributed by atoms with Crippen LogP contribution in [0.1, 0.15) is 11.1 Å². The number of sulfone groups is 1. The molecule has 0 atom stereocenters. The van der Waals surface area contributed by atoms with Crippen LogP contribution >= 0.6 is 0 Å². The van der Waals surface area contributed by atoms with Crippen LogP contribution in [0.2, 0.25) is 0 Å². The highest BCUT2D eigenvalue weighted by Gasteiger charge is 2.33. The van der Waals surface area contributed by atoms with Crippen molar-refractivity contribution in [3.63, 3.8) is 0 Å². The van der Waals surface area contributed by atoms with E-state index >= 15 is 0 Å². The van der Waals surface area contributed by atoms with Gasteiger partial charge in [-0.25, -0.2) is 8.42 Å². The molecule has 6 N–H and O–H groups in total. The van der Waals surface area contributed by atoms with Gasteiger partial charge in [0.05, 0.1) is 0 Å². The molecule has 0 amide bonds. The molecule has 0 unspecified atom stereocenters. The molecule has 0 saturated carbocycles. The zero-order valence-corrected chi connectivity index (χ0v) is 12.9. The third kappa shape index (κ3) is 2.34. The average molecular weight is 342 g/mol. The number of rotatable bonds is 2. The van der Waals surface area contributed by atoms with Gasteiger partial charge in [-0.2, -0.15) is 0 Å². The van der Waals surface area contributed by atoms with E-state index in [9.17, 15) is 39.1 Å². The van der Waals surface area contributed by atoms with Crippen LogP contribution in [0, 0.1) is 13.8 Å². The average Bonchev–Trinajstić information content (AvgIpc) is 2.41. The van der Waals surface area contributed by atoms with E-state index in [0.29, 0.717) is 0 Å². The summed E-state index contributed by atoms with van der Waals surface area (Å²) in [7, 11) is -4.58. The Kier molecular flexibility index (Phi) is 3.69. The van der Waals surface area contributed by atoms with Gasteiger partial charge in [-0.05, 0) is 37.1 Å². The lowest BCUT2D eigenvalue weighted by molar-refractivity contribution is 0.357. The lowest BCUT2D eigenvalue weighted by Gasteiger charge is -2.15. The highest BCUT2D eigenvalue weighted by atomic mass is 32.2. The van der Waals surface area contributed by atoms with Crippen LogP contribution in [0.15, 0.2) is 21.9 Å². The van der Waals surface area contributed by atoms with Crippen molar-refractivity contribution < 1.29 is 39.1 Å². The summed E-state index contributed by atoms with van der Waals surface area (Å²) in [6, 6.07) is 1.85. The molecule has 0 radical (unpaired) electrons. The fourth-order valence-electron chi connectivity index (χ4n) is 2.29. The van der Waals surface area contributed by atoms with Crippen LogP contribution in [0.3, 0.4) is 0 Å². The smallest absolute Gasteiger partial charge is 0.214 e. The highest BCUT2D eigenvalue weighted by Crippen LogP contribution is 2.48. The number of phenolic OH excluding ortho intramolecular Hbond substituents is 6. The monoisotopic (exact) mass is 342 g/mol. The van der Waals surface area contributed by atoms with E-state index in [-0.39, 0.29) is 11.1 Å². The first kappa shape index (κ1) is 16.6. The Morgan fingerprint density at radius 3 is 1.26 bits per heavy atom. The normalized spacial score (nSPS) is 11.6. The summed E-state index contributed by atoms with van der Waals surface area (Å²) < 4.78 is 25.5. The molecule has 124 valence electrons. The molecule has 2 rings (SSSR count). The number of aromatic hydroxyl groups is 6. The highest BCUT2D eigenvalue weighted by molar-refractivity contribution is 7.91. The van der Waals surface area contributed by atoms with E-state index in [4.69, 9.17) is 0 Å². The van der Waals surface area contributed by atoms with Crippen LogP contribution in [0.5, 0.6) is 34.5 Å². The van der Waals surface area contributed by atoms with Crippen LogP contribution in [-0.2, 0) is 9.84 Å². The van der Waals surface area contributed by atoms with E-state index < -0.39 is 54.1 Å². The first-order valence-electron chi connectivity index (χ1n) is 6.24. The third-order valence-corrected chi connectivity index (χ3v) is 5.43. The Morgan fingerprint density at radius 1 is 0.652 bits per heavy atom. The lowest BCUT2D eigenvalue weighted by atomic mass is 10.2. The van der Waals surface area contributed by atoms with E-state index in [1.807, 2.05) is 0 Å². The first-order chi connectivity index (χ1) is 10.5. The van der Waals surface area contributed by atoms with Gasteiger partial charge in [-0.1, -0.05) is 0 Å². The van der Waals surface area contributed by atoms with Gasteiger partial charge in [0.25, 0.3) is 0 Å². The number of phenols is 6. The molecule has 0 aliphatic rings. The Balaban J connectivity index is 2.91. The Labute approximate surface area is 131 Å². The molecule has 0 aromatic heterocycles. The molecule has 0 aliphatic heterocycles. The molecule has 0 aliphatic carbocycles. The largest absolute Gasteiger partial charge is 0.504 e. The summed E-state index contributed by atoms with van der Waals surface area (Å²) in [6.07, 6.45) is 0. The minimum atomic E-state index is -4.58. The molecule has 8 nitrogen and oxygen atoms in total. The van der Waals surface area contributed by atoms with Gasteiger partial charge in [0.2, 0.25) is 21.3 Å². The minimum absolute atomic E-state index is 0.0934. The maximum atomic E-state index is 12.7. The number of hydrogen-bond acceptors (Lipinski definition) is 8. The third-order valence-electron chi connectivity index (χ3n) is 3.32. The Hall–Kier alpha value is -2.81. The molecular weight excluding hydrogens is 328 g/mol. The number of hydrogen-bond donors (Lipinski definition) is 6. The van der Waals surface area contributed by atoms with Crippen molar-refractivity contribution >= 4 is 9.84 Å². The first-order valence-corrected chi connectivity index (χ1v) is 7.72.